The molecule has 0 amide bonds. The van der Waals surface area contributed by atoms with Gasteiger partial charge in [-0.05, 0) is 18.2 Å². The van der Waals surface area contributed by atoms with Gasteiger partial charge in [0.2, 0.25) is 0 Å². The molecule has 0 aliphatic heterocycles. The van der Waals surface area contributed by atoms with Crippen molar-refractivity contribution >= 4 is 15.9 Å². The second-order valence-corrected chi connectivity index (χ2v) is 3.88. The SMILES string of the molecule is Fc1ccc(Br)cc1CNOCC(F)(F)F. The van der Waals surface area contributed by atoms with Gasteiger partial charge in [-0.2, -0.15) is 18.7 Å². The zero-order chi connectivity index (χ0) is 12.2. The summed E-state index contributed by atoms with van der Waals surface area (Å²) < 4.78 is 48.8. The number of hydroxylamine groups is 1. The zero-order valence-electron chi connectivity index (χ0n) is 7.94. The molecule has 0 saturated heterocycles. The standard InChI is InChI=1S/C9H8BrF4NO/c10-7-1-2-8(11)6(3-7)4-15-16-5-9(12,13)14/h1-3,15H,4-5H2. The van der Waals surface area contributed by atoms with Crippen molar-refractivity contribution in [1.29, 1.82) is 0 Å². The minimum atomic E-state index is -4.40. The van der Waals surface area contributed by atoms with E-state index in [1.165, 1.54) is 18.2 Å². The highest BCUT2D eigenvalue weighted by atomic mass is 79.9. The molecule has 0 spiro atoms. The second-order valence-electron chi connectivity index (χ2n) is 2.96. The smallest absolute Gasteiger partial charge is 0.292 e. The Balaban J connectivity index is 2.40. The molecule has 0 aliphatic rings. The van der Waals surface area contributed by atoms with Crippen LogP contribution in [0.1, 0.15) is 5.56 Å². The molecule has 1 aromatic rings. The second kappa shape index (κ2) is 5.60. The Labute approximate surface area is 97.7 Å². The molecule has 2 nitrogen and oxygen atoms in total. The Bertz CT molecular complexity index is 356. The van der Waals surface area contributed by atoms with Crippen molar-refractivity contribution in [2.75, 3.05) is 6.61 Å². The van der Waals surface area contributed by atoms with Crippen molar-refractivity contribution in [3.63, 3.8) is 0 Å². The molecule has 0 heterocycles. The average Bonchev–Trinajstić information content (AvgIpc) is 2.16. The minimum Gasteiger partial charge on any atom is -0.292 e. The maximum Gasteiger partial charge on any atom is 0.413 e. The normalized spacial score (nSPS) is 11.8. The summed E-state index contributed by atoms with van der Waals surface area (Å²) in [6.45, 7) is -1.55. The van der Waals surface area contributed by atoms with Crippen LogP contribution < -0.4 is 5.48 Å². The van der Waals surface area contributed by atoms with Crippen LogP contribution in [0, 0.1) is 5.82 Å². The highest BCUT2D eigenvalue weighted by Gasteiger charge is 2.27. The van der Waals surface area contributed by atoms with E-state index in [1.54, 1.807) is 0 Å². The monoisotopic (exact) mass is 301 g/mol. The molecule has 0 saturated carbocycles. The molecule has 0 unspecified atom stereocenters. The summed E-state index contributed by atoms with van der Waals surface area (Å²) in [4.78, 5) is 4.14. The highest BCUT2D eigenvalue weighted by Crippen LogP contribution is 2.16. The molecule has 1 aromatic carbocycles. The first kappa shape index (κ1) is 13.4. The van der Waals surface area contributed by atoms with Gasteiger partial charge < -0.3 is 0 Å². The van der Waals surface area contributed by atoms with E-state index in [9.17, 15) is 17.6 Å². The lowest BCUT2D eigenvalue weighted by atomic mass is 10.2. The summed E-state index contributed by atoms with van der Waals surface area (Å²) in [5.41, 5.74) is 2.26. The van der Waals surface area contributed by atoms with Gasteiger partial charge in [-0.15, -0.1) is 0 Å². The number of hydrogen-bond donors (Lipinski definition) is 1. The number of rotatable bonds is 4. The van der Waals surface area contributed by atoms with Gasteiger partial charge in [-0.25, -0.2) is 4.39 Å². The Morgan fingerprint density at radius 2 is 2.00 bits per heavy atom. The summed E-state index contributed by atoms with van der Waals surface area (Å²) in [5, 5.41) is 0. The minimum absolute atomic E-state index is 0.138. The van der Waals surface area contributed by atoms with Crippen LogP contribution in [0.25, 0.3) is 0 Å². The predicted molar refractivity (Wildman–Crippen MR) is 52.9 cm³/mol. The largest absolute Gasteiger partial charge is 0.413 e. The fraction of sp³-hybridized carbons (Fsp3) is 0.333. The first-order chi connectivity index (χ1) is 7.38. The molecule has 0 aromatic heterocycles. The molecular formula is C9H8BrF4NO. The third-order valence-corrected chi connectivity index (χ3v) is 2.10. The fourth-order valence-electron chi connectivity index (χ4n) is 0.940. The molecule has 0 atom stereocenters. The Morgan fingerprint density at radius 3 is 2.62 bits per heavy atom. The van der Waals surface area contributed by atoms with Gasteiger partial charge >= 0.3 is 6.18 Å². The van der Waals surface area contributed by atoms with Crippen molar-refractivity contribution in [3.8, 4) is 0 Å². The van der Waals surface area contributed by atoms with E-state index in [4.69, 9.17) is 0 Å². The van der Waals surface area contributed by atoms with Crippen molar-refractivity contribution in [3.05, 3.63) is 34.1 Å². The topological polar surface area (TPSA) is 21.3 Å². The van der Waals surface area contributed by atoms with Gasteiger partial charge in [0.25, 0.3) is 0 Å². The molecule has 0 aliphatic carbocycles. The fourth-order valence-corrected chi connectivity index (χ4v) is 1.35. The van der Waals surface area contributed by atoms with Crippen LogP contribution in [0.5, 0.6) is 0 Å². The quantitative estimate of drug-likeness (QED) is 0.524. The first-order valence-corrected chi connectivity index (χ1v) is 5.03. The van der Waals surface area contributed by atoms with Gasteiger partial charge in [-0.1, -0.05) is 15.9 Å². The first-order valence-electron chi connectivity index (χ1n) is 4.24. The lowest BCUT2D eigenvalue weighted by molar-refractivity contribution is -0.190. The Morgan fingerprint density at radius 1 is 1.31 bits per heavy atom. The van der Waals surface area contributed by atoms with Crippen molar-refractivity contribution in [2.45, 2.75) is 12.7 Å². The molecule has 0 fully saturated rings. The van der Waals surface area contributed by atoms with Gasteiger partial charge in [0.05, 0.1) is 0 Å². The molecule has 1 N–H and O–H groups in total. The number of alkyl halides is 3. The van der Waals surface area contributed by atoms with E-state index in [-0.39, 0.29) is 12.1 Å². The zero-order valence-corrected chi connectivity index (χ0v) is 9.53. The van der Waals surface area contributed by atoms with Crippen LogP contribution in [0.3, 0.4) is 0 Å². The van der Waals surface area contributed by atoms with E-state index in [1.807, 2.05) is 5.48 Å². The van der Waals surface area contributed by atoms with E-state index < -0.39 is 18.6 Å². The Kier molecular flexibility index (Phi) is 4.69. The molecule has 16 heavy (non-hydrogen) atoms. The maximum absolute atomic E-state index is 13.1. The van der Waals surface area contributed by atoms with E-state index in [0.717, 1.165) is 0 Å². The van der Waals surface area contributed by atoms with Crippen molar-refractivity contribution in [2.24, 2.45) is 0 Å². The summed E-state index contributed by atoms with van der Waals surface area (Å²) in [5.74, 6) is -0.508. The van der Waals surface area contributed by atoms with E-state index >= 15 is 0 Å². The summed E-state index contributed by atoms with van der Waals surface area (Å²) in [6.07, 6.45) is -4.40. The molecule has 0 bridgehead atoms. The van der Waals surface area contributed by atoms with Crippen LogP contribution in [0.2, 0.25) is 0 Å². The Hall–Kier alpha value is -0.660. The average molecular weight is 302 g/mol. The summed E-state index contributed by atoms with van der Waals surface area (Å²) in [6, 6.07) is 4.17. The number of halogens is 5. The van der Waals surface area contributed by atoms with Crippen LogP contribution in [0.4, 0.5) is 17.6 Å². The summed E-state index contributed by atoms with van der Waals surface area (Å²) in [7, 11) is 0. The van der Waals surface area contributed by atoms with Gasteiger partial charge in [0.1, 0.15) is 5.82 Å². The molecular weight excluding hydrogens is 294 g/mol. The van der Waals surface area contributed by atoms with Crippen LogP contribution in [-0.2, 0) is 11.4 Å². The maximum atomic E-state index is 13.1. The molecule has 0 radical (unpaired) electrons. The molecule has 90 valence electrons. The van der Waals surface area contributed by atoms with Gasteiger partial charge in [-0.3, -0.25) is 4.84 Å². The third-order valence-electron chi connectivity index (χ3n) is 1.61. The van der Waals surface area contributed by atoms with Crippen LogP contribution in [0.15, 0.2) is 22.7 Å². The lowest BCUT2D eigenvalue weighted by Crippen LogP contribution is -2.24. The lowest BCUT2D eigenvalue weighted by Gasteiger charge is -2.09. The molecule has 1 rings (SSSR count). The van der Waals surface area contributed by atoms with Gasteiger partial charge in [0.15, 0.2) is 6.61 Å². The predicted octanol–water partition coefficient (Wildman–Crippen LogP) is 3.17. The number of hydrogen-bond acceptors (Lipinski definition) is 2. The highest BCUT2D eigenvalue weighted by molar-refractivity contribution is 9.10. The van der Waals surface area contributed by atoms with Crippen molar-refractivity contribution < 1.29 is 22.4 Å². The number of nitrogens with one attached hydrogen (secondary N) is 1. The third kappa shape index (κ3) is 4.91. The molecule has 7 heteroatoms. The van der Waals surface area contributed by atoms with E-state index in [2.05, 4.69) is 20.8 Å². The van der Waals surface area contributed by atoms with Crippen molar-refractivity contribution in [1.82, 2.24) is 5.48 Å². The number of benzene rings is 1. The summed E-state index contributed by atoms with van der Waals surface area (Å²) >= 11 is 3.12. The van der Waals surface area contributed by atoms with Crippen LogP contribution >= 0.6 is 15.9 Å². The van der Waals surface area contributed by atoms with Gasteiger partial charge in [0, 0.05) is 16.6 Å². The van der Waals surface area contributed by atoms with Crippen LogP contribution in [-0.4, -0.2) is 12.8 Å². The van der Waals surface area contributed by atoms with E-state index in [0.29, 0.717) is 4.47 Å².